The molecule has 1 aliphatic rings. The molecule has 4 rings (SSSR count). The highest BCUT2D eigenvalue weighted by Gasteiger charge is 2.39. The van der Waals surface area contributed by atoms with Crippen LogP contribution in [0.15, 0.2) is 64.1 Å². The van der Waals surface area contributed by atoms with Crippen molar-refractivity contribution >= 4 is 27.7 Å². The Hall–Kier alpha value is -3.68. The van der Waals surface area contributed by atoms with E-state index in [1.54, 1.807) is 24.3 Å². The lowest BCUT2D eigenvalue weighted by Crippen LogP contribution is -2.46. The summed E-state index contributed by atoms with van der Waals surface area (Å²) in [6.45, 7) is 2.85. The first-order valence-electron chi connectivity index (χ1n) is 12.4. The molecule has 1 aromatic heterocycles. The number of benzene rings is 2. The Morgan fingerprint density at radius 1 is 1.05 bits per heavy atom. The van der Waals surface area contributed by atoms with Gasteiger partial charge in [-0.1, -0.05) is 27.2 Å². The molecule has 1 aliphatic heterocycles. The predicted molar refractivity (Wildman–Crippen MR) is 138 cm³/mol. The quantitative estimate of drug-likeness (QED) is 0.206. The first-order valence-corrected chi connectivity index (χ1v) is 13.2. The minimum atomic E-state index is -5.13. The zero-order valence-electron chi connectivity index (χ0n) is 21.3. The van der Waals surface area contributed by atoms with Gasteiger partial charge in [0.15, 0.2) is 0 Å². The molecule has 0 saturated carbocycles. The Morgan fingerprint density at radius 2 is 1.68 bits per heavy atom. The van der Waals surface area contributed by atoms with Gasteiger partial charge >= 0.3 is 12.4 Å². The van der Waals surface area contributed by atoms with Crippen LogP contribution in [0.1, 0.15) is 52.7 Å². The third-order valence-electron chi connectivity index (χ3n) is 6.45. The summed E-state index contributed by atoms with van der Waals surface area (Å²) in [5.74, 6) is -1.29. The summed E-state index contributed by atoms with van der Waals surface area (Å²) in [6.07, 6.45) is -7.19. The van der Waals surface area contributed by atoms with Crippen LogP contribution < -0.4 is 0 Å². The Labute approximate surface area is 238 Å². The van der Waals surface area contributed by atoms with E-state index in [9.17, 15) is 35.9 Å². The number of carbonyl (C=O) groups excluding carboxylic acids is 2. The van der Waals surface area contributed by atoms with Crippen LogP contribution in [0.3, 0.4) is 0 Å². The predicted octanol–water partition coefficient (Wildman–Crippen LogP) is 6.92. The molecule has 1 fully saturated rings. The normalized spacial score (nSPS) is 16.0. The van der Waals surface area contributed by atoms with Crippen molar-refractivity contribution in [2.75, 3.05) is 19.6 Å². The molecular weight excluding hydrogens is 622 g/mol. The maximum absolute atomic E-state index is 13.4. The van der Waals surface area contributed by atoms with Gasteiger partial charge in [-0.25, -0.2) is 0 Å². The third-order valence-corrected chi connectivity index (χ3v) is 6.98. The highest BCUT2D eigenvalue weighted by Crippen LogP contribution is 2.37. The lowest BCUT2D eigenvalue weighted by molar-refractivity contribution is -0.143. The van der Waals surface area contributed by atoms with Gasteiger partial charge in [-0.15, -0.1) is 6.58 Å². The number of alkyl halides is 6. The number of aromatic nitrogens is 2. The maximum atomic E-state index is 13.4. The largest absolute Gasteiger partial charge is 0.416 e. The van der Waals surface area contributed by atoms with Gasteiger partial charge in [-0.2, -0.15) is 31.3 Å². The molecule has 1 saturated heterocycles. The highest BCUT2D eigenvalue weighted by atomic mass is 79.9. The van der Waals surface area contributed by atoms with Crippen molar-refractivity contribution in [3.8, 4) is 11.4 Å². The van der Waals surface area contributed by atoms with Gasteiger partial charge in [0.25, 0.3) is 5.91 Å². The summed E-state index contributed by atoms with van der Waals surface area (Å²) in [6, 6.07) is 7.14. The summed E-state index contributed by atoms with van der Waals surface area (Å²) in [7, 11) is 0. The second-order valence-electron chi connectivity index (χ2n) is 9.33. The second-order valence-corrected chi connectivity index (χ2v) is 10.2. The molecule has 0 N–H and O–H groups in total. The van der Waals surface area contributed by atoms with E-state index in [0.717, 1.165) is 15.8 Å². The van der Waals surface area contributed by atoms with E-state index in [1.807, 2.05) is 0 Å². The minimum Gasteiger partial charge on any atom is -0.337 e. The van der Waals surface area contributed by atoms with Crippen LogP contribution >= 0.6 is 15.9 Å². The van der Waals surface area contributed by atoms with Crippen molar-refractivity contribution in [1.29, 1.82) is 0 Å². The third kappa shape index (κ3) is 7.16. The van der Waals surface area contributed by atoms with Crippen molar-refractivity contribution in [2.45, 2.75) is 37.7 Å². The Morgan fingerprint density at radius 3 is 2.27 bits per heavy atom. The summed E-state index contributed by atoms with van der Waals surface area (Å²) in [5.41, 5.74) is -3.43. The molecule has 3 aromatic rings. The van der Waals surface area contributed by atoms with E-state index in [1.165, 1.54) is 11.0 Å². The van der Waals surface area contributed by atoms with Gasteiger partial charge in [0.2, 0.25) is 17.6 Å². The van der Waals surface area contributed by atoms with Gasteiger partial charge < -0.3 is 14.3 Å². The topological polar surface area (TPSA) is 79.5 Å². The van der Waals surface area contributed by atoms with E-state index in [0.29, 0.717) is 36.4 Å². The number of piperidine rings is 1. The smallest absolute Gasteiger partial charge is 0.337 e. The number of rotatable bonds is 7. The van der Waals surface area contributed by atoms with Crippen molar-refractivity contribution in [2.24, 2.45) is 0 Å². The Kier molecular flexibility index (Phi) is 8.90. The number of likely N-dealkylation sites (tertiary alicyclic amines) is 1. The van der Waals surface area contributed by atoms with Crippen molar-refractivity contribution in [3.63, 3.8) is 0 Å². The number of hydrogen-bond acceptors (Lipinski definition) is 5. The lowest BCUT2D eigenvalue weighted by Gasteiger charge is -2.35. The summed E-state index contributed by atoms with van der Waals surface area (Å²) >= 11 is 3.35. The van der Waals surface area contributed by atoms with E-state index in [-0.39, 0.29) is 25.0 Å². The molecule has 2 heterocycles. The fourth-order valence-corrected chi connectivity index (χ4v) is 4.73. The number of hydrogen-bond donors (Lipinski definition) is 0. The van der Waals surface area contributed by atoms with Crippen LogP contribution in [-0.4, -0.2) is 51.4 Å². The average molecular weight is 645 g/mol. The summed E-state index contributed by atoms with van der Waals surface area (Å²) in [4.78, 5) is 33.3. The van der Waals surface area contributed by atoms with Crippen molar-refractivity contribution < 1.29 is 40.5 Å². The molecule has 7 nitrogen and oxygen atoms in total. The maximum Gasteiger partial charge on any atom is 0.416 e. The zero-order valence-corrected chi connectivity index (χ0v) is 22.9. The van der Waals surface area contributed by atoms with Crippen LogP contribution in [0.2, 0.25) is 0 Å². The molecule has 0 spiro atoms. The molecule has 1 atom stereocenters. The zero-order chi connectivity index (χ0) is 29.9. The summed E-state index contributed by atoms with van der Waals surface area (Å²) < 4.78 is 86.4. The van der Waals surface area contributed by atoms with Gasteiger partial charge in [-0.05, 0) is 61.7 Å². The van der Waals surface area contributed by atoms with Gasteiger partial charge in [0.05, 0.1) is 11.1 Å². The molecule has 2 amide bonds. The SMILES string of the molecule is C=CCN(CC(=O)N1CCCCC1c1nc(-c2ccc(Br)cc2)no1)C(=O)c1cc(C(F)(F)F)cc(C(F)(F)F)c1. The van der Waals surface area contributed by atoms with Crippen molar-refractivity contribution in [1.82, 2.24) is 19.9 Å². The molecule has 2 aromatic carbocycles. The first kappa shape index (κ1) is 30.3. The van der Waals surface area contributed by atoms with Crippen LogP contribution in [-0.2, 0) is 17.1 Å². The van der Waals surface area contributed by atoms with E-state index < -0.39 is 53.4 Å². The molecule has 0 bridgehead atoms. The molecule has 14 heteroatoms. The van der Waals surface area contributed by atoms with E-state index >= 15 is 0 Å². The molecular formula is C27H23BrF6N4O3. The van der Waals surface area contributed by atoms with Crippen molar-refractivity contribution in [3.05, 3.63) is 82.2 Å². The average Bonchev–Trinajstić information content (AvgIpc) is 3.42. The van der Waals surface area contributed by atoms with Crippen LogP contribution in [0.4, 0.5) is 26.3 Å². The molecule has 41 heavy (non-hydrogen) atoms. The monoisotopic (exact) mass is 644 g/mol. The van der Waals surface area contributed by atoms with E-state index in [2.05, 4.69) is 32.6 Å². The molecule has 0 aliphatic carbocycles. The van der Waals surface area contributed by atoms with Crippen LogP contribution in [0, 0.1) is 0 Å². The summed E-state index contributed by atoms with van der Waals surface area (Å²) in [5, 5.41) is 4.00. The van der Waals surface area contributed by atoms with Gasteiger partial charge in [-0.3, -0.25) is 9.59 Å². The van der Waals surface area contributed by atoms with Crippen LogP contribution in [0.25, 0.3) is 11.4 Å². The van der Waals surface area contributed by atoms with Crippen LogP contribution in [0.5, 0.6) is 0 Å². The Balaban J connectivity index is 1.58. The van der Waals surface area contributed by atoms with Gasteiger partial charge in [0.1, 0.15) is 12.6 Å². The molecule has 0 radical (unpaired) electrons. The Bertz CT molecular complexity index is 1390. The standard InChI is InChI=1S/C27H23BrF6N4O3/c1-2-10-37(25(40)17-12-18(26(29,30)31)14-19(13-17)27(32,33)34)15-22(39)38-11-4-3-5-21(38)24-35-23(36-41-24)16-6-8-20(28)9-7-16/h2,6-9,12-14,21H,1,3-5,10-11,15H2. The molecule has 218 valence electrons. The fourth-order valence-electron chi connectivity index (χ4n) is 4.46. The highest BCUT2D eigenvalue weighted by molar-refractivity contribution is 9.10. The minimum absolute atomic E-state index is 0.0645. The van der Waals surface area contributed by atoms with E-state index in [4.69, 9.17) is 4.52 Å². The number of nitrogens with zero attached hydrogens (tertiary/aromatic N) is 4. The number of carbonyl (C=O) groups is 2. The first-order chi connectivity index (χ1) is 19.3. The molecule has 1 unspecified atom stereocenters. The fraction of sp³-hybridized carbons (Fsp3) is 0.333. The lowest BCUT2D eigenvalue weighted by atomic mass is 10.0. The second kappa shape index (κ2) is 12.0. The van der Waals surface area contributed by atoms with Gasteiger partial charge in [0, 0.05) is 28.7 Å². The number of halogens is 7. The number of amides is 2.